The van der Waals surface area contributed by atoms with E-state index in [1.54, 1.807) is 0 Å². The lowest BCUT2D eigenvalue weighted by atomic mass is 10.1. The maximum Gasteiger partial charge on any atom is 0.223 e. The van der Waals surface area contributed by atoms with Crippen LogP contribution in [0.2, 0.25) is 0 Å². The summed E-state index contributed by atoms with van der Waals surface area (Å²) in [6, 6.07) is 5.95. The molecule has 18 heavy (non-hydrogen) atoms. The molecule has 4 heteroatoms. The van der Waals surface area contributed by atoms with E-state index >= 15 is 0 Å². The van der Waals surface area contributed by atoms with Crippen molar-refractivity contribution in [3.05, 3.63) is 40.9 Å². The van der Waals surface area contributed by atoms with Crippen molar-refractivity contribution in [1.29, 1.82) is 0 Å². The van der Waals surface area contributed by atoms with Crippen molar-refractivity contribution in [2.75, 3.05) is 13.2 Å². The molecule has 98 valence electrons. The Kier molecular flexibility index (Phi) is 5.72. The average molecular weight is 268 g/mol. The molecule has 0 heterocycles. The molecule has 0 aliphatic heterocycles. The minimum atomic E-state index is -0.0958. The zero-order chi connectivity index (χ0) is 13.5. The molecule has 0 saturated carbocycles. The first-order valence-corrected chi connectivity index (χ1v) is 6.17. The Labute approximate surface area is 113 Å². The van der Waals surface area contributed by atoms with Gasteiger partial charge in [0.15, 0.2) is 0 Å². The van der Waals surface area contributed by atoms with E-state index in [0.717, 1.165) is 11.3 Å². The Morgan fingerprint density at radius 1 is 1.44 bits per heavy atom. The molecule has 0 saturated heterocycles. The minimum Gasteiger partial charge on any atom is -0.493 e. The lowest BCUT2D eigenvalue weighted by molar-refractivity contribution is -0.121. The summed E-state index contributed by atoms with van der Waals surface area (Å²) in [5, 5.41) is 3.06. The molecule has 1 aromatic carbocycles. The third-order valence-electron chi connectivity index (χ3n) is 2.39. The van der Waals surface area contributed by atoms with E-state index in [4.69, 9.17) is 16.3 Å². The zero-order valence-electron chi connectivity index (χ0n) is 10.8. The molecule has 1 rings (SSSR count). The second-order valence-electron chi connectivity index (χ2n) is 4.16. The van der Waals surface area contributed by atoms with Crippen LogP contribution in [0.25, 0.3) is 0 Å². The standard InChI is InChI=1S/C14H18ClNO2/c1-10-4-5-13(11(2)8-10)18-7-6-14(17)16-9-12(3)15/h4-5,8H,3,6-7,9H2,1-2H3,(H,16,17). The monoisotopic (exact) mass is 267 g/mol. The Bertz CT molecular complexity index is 443. The van der Waals surface area contributed by atoms with Crippen molar-refractivity contribution in [3.63, 3.8) is 0 Å². The lowest BCUT2D eigenvalue weighted by Gasteiger charge is -2.09. The van der Waals surface area contributed by atoms with Gasteiger partial charge in [-0.1, -0.05) is 35.9 Å². The predicted molar refractivity (Wildman–Crippen MR) is 74.0 cm³/mol. The Morgan fingerprint density at radius 2 is 2.17 bits per heavy atom. The van der Waals surface area contributed by atoms with Crippen LogP contribution in [0.5, 0.6) is 5.75 Å². The topological polar surface area (TPSA) is 38.3 Å². The normalized spacial score (nSPS) is 9.94. The van der Waals surface area contributed by atoms with E-state index in [1.807, 2.05) is 32.0 Å². The molecule has 0 bridgehead atoms. The predicted octanol–water partition coefficient (Wildman–Crippen LogP) is 2.94. The van der Waals surface area contributed by atoms with Gasteiger partial charge in [-0.15, -0.1) is 0 Å². The molecular weight excluding hydrogens is 250 g/mol. The van der Waals surface area contributed by atoms with Gasteiger partial charge in [-0.2, -0.15) is 0 Å². The van der Waals surface area contributed by atoms with Crippen LogP contribution in [0.3, 0.4) is 0 Å². The maximum atomic E-state index is 11.4. The molecule has 1 N–H and O–H groups in total. The quantitative estimate of drug-likeness (QED) is 0.861. The molecule has 1 aromatic rings. The first-order chi connectivity index (χ1) is 8.49. The third kappa shape index (κ3) is 5.23. The number of hydrogen-bond acceptors (Lipinski definition) is 2. The van der Waals surface area contributed by atoms with E-state index in [2.05, 4.69) is 11.9 Å². The van der Waals surface area contributed by atoms with Crippen LogP contribution in [-0.4, -0.2) is 19.1 Å². The number of carbonyl (C=O) groups excluding carboxylic acids is 1. The summed E-state index contributed by atoms with van der Waals surface area (Å²) in [4.78, 5) is 11.4. The molecule has 1 amide bonds. The number of carbonyl (C=O) groups is 1. The number of amides is 1. The van der Waals surface area contributed by atoms with Crippen LogP contribution >= 0.6 is 11.6 Å². The van der Waals surface area contributed by atoms with Crippen molar-refractivity contribution in [3.8, 4) is 5.75 Å². The molecule has 0 unspecified atom stereocenters. The summed E-state index contributed by atoms with van der Waals surface area (Å²) in [6.45, 7) is 8.16. The highest BCUT2D eigenvalue weighted by atomic mass is 35.5. The van der Waals surface area contributed by atoms with Crippen LogP contribution in [-0.2, 0) is 4.79 Å². The highest BCUT2D eigenvalue weighted by molar-refractivity contribution is 6.29. The van der Waals surface area contributed by atoms with E-state index < -0.39 is 0 Å². The fourth-order valence-electron chi connectivity index (χ4n) is 1.50. The highest BCUT2D eigenvalue weighted by Gasteiger charge is 2.03. The summed E-state index contributed by atoms with van der Waals surface area (Å²) in [5.41, 5.74) is 2.27. The number of benzene rings is 1. The summed E-state index contributed by atoms with van der Waals surface area (Å²) >= 11 is 5.55. The zero-order valence-corrected chi connectivity index (χ0v) is 11.5. The van der Waals surface area contributed by atoms with Crippen LogP contribution in [0, 0.1) is 13.8 Å². The third-order valence-corrected chi connectivity index (χ3v) is 2.53. The Hall–Kier alpha value is -1.48. The smallest absolute Gasteiger partial charge is 0.223 e. The van der Waals surface area contributed by atoms with Crippen molar-refractivity contribution in [2.45, 2.75) is 20.3 Å². The lowest BCUT2D eigenvalue weighted by Crippen LogP contribution is -2.25. The number of nitrogens with one attached hydrogen (secondary N) is 1. The largest absolute Gasteiger partial charge is 0.493 e. The van der Waals surface area contributed by atoms with Crippen molar-refractivity contribution >= 4 is 17.5 Å². The molecule has 0 aliphatic rings. The van der Waals surface area contributed by atoms with Crippen molar-refractivity contribution in [2.24, 2.45) is 0 Å². The Morgan fingerprint density at radius 3 is 2.78 bits per heavy atom. The maximum absolute atomic E-state index is 11.4. The Balaban J connectivity index is 2.33. The van der Waals surface area contributed by atoms with Crippen LogP contribution in [0.4, 0.5) is 0 Å². The second kappa shape index (κ2) is 7.07. The van der Waals surface area contributed by atoms with E-state index in [1.165, 1.54) is 5.56 Å². The van der Waals surface area contributed by atoms with Crippen LogP contribution < -0.4 is 10.1 Å². The minimum absolute atomic E-state index is 0.0958. The van der Waals surface area contributed by atoms with Gasteiger partial charge in [-0.3, -0.25) is 4.79 Å². The summed E-state index contributed by atoms with van der Waals surface area (Å²) in [7, 11) is 0. The fraction of sp³-hybridized carbons (Fsp3) is 0.357. The SMILES string of the molecule is C=C(Cl)CNC(=O)CCOc1ccc(C)cc1C. The van der Waals surface area contributed by atoms with Gasteiger partial charge in [0.2, 0.25) is 5.91 Å². The summed E-state index contributed by atoms with van der Waals surface area (Å²) in [6.07, 6.45) is 0.303. The summed E-state index contributed by atoms with van der Waals surface area (Å²) < 4.78 is 5.55. The summed E-state index contributed by atoms with van der Waals surface area (Å²) in [5.74, 6) is 0.719. The first kappa shape index (κ1) is 14.6. The van der Waals surface area contributed by atoms with Crippen molar-refractivity contribution < 1.29 is 9.53 Å². The van der Waals surface area contributed by atoms with Gasteiger partial charge in [-0.25, -0.2) is 0 Å². The molecule has 0 aliphatic carbocycles. The van der Waals surface area contributed by atoms with Gasteiger partial charge >= 0.3 is 0 Å². The van der Waals surface area contributed by atoms with Crippen LogP contribution in [0.15, 0.2) is 29.8 Å². The van der Waals surface area contributed by atoms with Gasteiger partial charge in [0, 0.05) is 5.03 Å². The number of rotatable bonds is 6. The van der Waals surface area contributed by atoms with Crippen LogP contribution in [0.1, 0.15) is 17.5 Å². The molecule has 0 spiro atoms. The fourth-order valence-corrected chi connectivity index (χ4v) is 1.56. The van der Waals surface area contributed by atoms with E-state index in [9.17, 15) is 4.79 Å². The molecule has 0 radical (unpaired) electrons. The number of halogens is 1. The van der Waals surface area contributed by atoms with E-state index in [0.29, 0.717) is 24.6 Å². The average Bonchev–Trinajstić information content (AvgIpc) is 2.29. The molecular formula is C14H18ClNO2. The van der Waals surface area contributed by atoms with Gasteiger partial charge in [-0.05, 0) is 25.5 Å². The van der Waals surface area contributed by atoms with Gasteiger partial charge in [0.05, 0.1) is 19.6 Å². The first-order valence-electron chi connectivity index (χ1n) is 5.79. The molecule has 3 nitrogen and oxygen atoms in total. The van der Waals surface area contributed by atoms with Gasteiger partial charge in [0.25, 0.3) is 0 Å². The van der Waals surface area contributed by atoms with E-state index in [-0.39, 0.29) is 5.91 Å². The van der Waals surface area contributed by atoms with Crippen molar-refractivity contribution in [1.82, 2.24) is 5.32 Å². The number of hydrogen-bond donors (Lipinski definition) is 1. The molecule has 0 aromatic heterocycles. The highest BCUT2D eigenvalue weighted by Crippen LogP contribution is 2.18. The van der Waals surface area contributed by atoms with Gasteiger partial charge in [0.1, 0.15) is 5.75 Å². The number of aryl methyl sites for hydroxylation is 2. The van der Waals surface area contributed by atoms with Gasteiger partial charge < -0.3 is 10.1 Å². The second-order valence-corrected chi connectivity index (χ2v) is 4.70. The molecule has 0 fully saturated rings. The number of ether oxygens (including phenoxy) is 1. The molecule has 0 atom stereocenters.